The maximum atomic E-state index is 13.3. The van der Waals surface area contributed by atoms with Crippen molar-refractivity contribution in [2.75, 3.05) is 12.5 Å². The second kappa shape index (κ2) is 14.1. The molecule has 0 saturated heterocycles. The average molecular weight is 639 g/mol. The van der Waals surface area contributed by atoms with Crippen LogP contribution in [0, 0.1) is 0 Å². The van der Waals surface area contributed by atoms with E-state index < -0.39 is 40.6 Å². The molecule has 0 aliphatic carbocycles. The van der Waals surface area contributed by atoms with Crippen LogP contribution in [0.1, 0.15) is 48.0 Å². The summed E-state index contributed by atoms with van der Waals surface area (Å²) in [5.41, 5.74) is 0. The molecule has 236 valence electrons. The summed E-state index contributed by atoms with van der Waals surface area (Å²) in [6.45, 7) is 13.1. The fraction of sp³-hybridized carbons (Fsp3) is 0.316. The number of benzene rings is 4. The Morgan fingerprint density at radius 1 is 0.556 bits per heavy atom. The summed E-state index contributed by atoms with van der Waals surface area (Å²) >= 11 is 0. The summed E-state index contributed by atoms with van der Waals surface area (Å²) in [4.78, 5) is 26.5. The van der Waals surface area contributed by atoms with Crippen molar-refractivity contribution in [2.45, 2.75) is 64.1 Å². The fourth-order valence-corrected chi connectivity index (χ4v) is 15.9. The Bertz CT molecular complexity index is 1450. The minimum atomic E-state index is -2.70. The molecule has 0 aliphatic heterocycles. The topological polar surface area (TPSA) is 72.8 Å². The van der Waals surface area contributed by atoms with E-state index in [1.54, 1.807) is 0 Å². The Morgan fingerprint density at radius 3 is 1.13 bits per heavy atom. The van der Waals surface area contributed by atoms with Gasteiger partial charge in [-0.2, -0.15) is 0 Å². The van der Waals surface area contributed by atoms with Gasteiger partial charge in [-0.15, -0.1) is 0 Å². The first-order valence-corrected chi connectivity index (χ1v) is 20.0. The van der Waals surface area contributed by atoms with Gasteiger partial charge in [-0.25, -0.2) is 4.79 Å². The van der Waals surface area contributed by atoms with E-state index in [0.29, 0.717) is 0 Å². The van der Waals surface area contributed by atoms with Crippen LogP contribution in [0.15, 0.2) is 121 Å². The predicted octanol–water partition coefficient (Wildman–Crippen LogP) is 5.03. The molecule has 1 unspecified atom stereocenters. The monoisotopic (exact) mass is 638 g/mol. The lowest BCUT2D eigenvalue weighted by atomic mass is 10.2. The Balaban J connectivity index is 1.53. The molecule has 0 bridgehead atoms. The van der Waals surface area contributed by atoms with E-state index in [1.165, 1.54) is 0 Å². The molecular formula is C38H46O5Si2. The molecule has 0 heterocycles. The number of aliphatic hydroxyl groups is 1. The van der Waals surface area contributed by atoms with Gasteiger partial charge in [0, 0.05) is 0 Å². The van der Waals surface area contributed by atoms with Gasteiger partial charge in [-0.1, -0.05) is 163 Å². The molecule has 4 aromatic carbocycles. The molecule has 1 N–H and O–H groups in total. The van der Waals surface area contributed by atoms with Gasteiger partial charge in [0.2, 0.25) is 0 Å². The van der Waals surface area contributed by atoms with Gasteiger partial charge in [0.05, 0.1) is 18.9 Å². The van der Waals surface area contributed by atoms with Gasteiger partial charge in [0.25, 0.3) is 0 Å². The Kier molecular flexibility index (Phi) is 10.7. The highest BCUT2D eigenvalue weighted by Crippen LogP contribution is 2.37. The van der Waals surface area contributed by atoms with Gasteiger partial charge in [-0.05, 0) is 30.8 Å². The van der Waals surface area contributed by atoms with Crippen molar-refractivity contribution < 1.29 is 24.2 Å². The maximum Gasteiger partial charge on any atom is 0.335 e. The highest BCUT2D eigenvalue weighted by Gasteiger charge is 2.50. The lowest BCUT2D eigenvalue weighted by Gasteiger charge is -2.43. The molecule has 0 saturated carbocycles. The van der Waals surface area contributed by atoms with Gasteiger partial charge >= 0.3 is 11.9 Å². The molecule has 0 spiro atoms. The first-order valence-electron chi connectivity index (χ1n) is 15.6. The number of carbonyl (C=O) groups is 2. The van der Waals surface area contributed by atoms with Crippen LogP contribution in [0.2, 0.25) is 10.1 Å². The normalized spacial score (nSPS) is 13.1. The molecule has 0 radical (unpaired) electrons. The van der Waals surface area contributed by atoms with Crippen LogP contribution in [-0.2, 0) is 19.1 Å². The van der Waals surface area contributed by atoms with Crippen molar-refractivity contribution in [3.63, 3.8) is 0 Å². The Hall–Kier alpha value is -3.79. The van der Waals surface area contributed by atoms with Crippen LogP contribution in [0.25, 0.3) is 0 Å². The van der Waals surface area contributed by atoms with Crippen LogP contribution >= 0.6 is 0 Å². The third-order valence-corrected chi connectivity index (χ3v) is 20.7. The molecule has 0 aliphatic rings. The zero-order valence-electron chi connectivity index (χ0n) is 27.3. The third-order valence-electron chi connectivity index (χ3n) is 9.14. The molecule has 45 heavy (non-hydrogen) atoms. The number of ether oxygens (including phenoxy) is 2. The lowest BCUT2D eigenvalue weighted by molar-refractivity contribution is -0.158. The van der Waals surface area contributed by atoms with Gasteiger partial charge < -0.3 is 14.6 Å². The van der Waals surface area contributed by atoms with E-state index in [9.17, 15) is 14.7 Å². The third kappa shape index (κ3) is 7.22. The van der Waals surface area contributed by atoms with Gasteiger partial charge in [0.1, 0.15) is 0 Å². The van der Waals surface area contributed by atoms with E-state index in [2.05, 4.69) is 90.1 Å². The highest BCUT2D eigenvalue weighted by molar-refractivity contribution is 7.05. The first-order chi connectivity index (χ1) is 21.3. The molecule has 7 heteroatoms. The SMILES string of the molecule is CC(C)(C)[Si](COC(=O)CC(O)C(=O)OC[Si](c1ccccc1)(c1ccccc1)C(C)(C)C)(c1ccccc1)c1ccccc1. The number of rotatable bonds is 11. The van der Waals surface area contributed by atoms with Crippen LogP contribution < -0.4 is 20.7 Å². The molecule has 5 nitrogen and oxygen atoms in total. The summed E-state index contributed by atoms with van der Waals surface area (Å²) in [7, 11) is -5.36. The van der Waals surface area contributed by atoms with E-state index >= 15 is 0 Å². The summed E-state index contributed by atoms with van der Waals surface area (Å²) < 4.78 is 11.9. The van der Waals surface area contributed by atoms with Crippen molar-refractivity contribution in [1.82, 2.24) is 0 Å². The molecule has 1 atom stereocenters. The Labute approximate surface area is 270 Å². The average Bonchev–Trinajstić information content (AvgIpc) is 3.02. The number of hydrogen-bond acceptors (Lipinski definition) is 5. The second-order valence-corrected chi connectivity index (χ2v) is 23.3. The molecule has 0 aromatic heterocycles. The molecular weight excluding hydrogens is 593 g/mol. The summed E-state index contributed by atoms with van der Waals surface area (Å²) in [5.74, 6) is -1.44. The number of hydrogen-bond donors (Lipinski definition) is 1. The van der Waals surface area contributed by atoms with Crippen LogP contribution in [0.4, 0.5) is 0 Å². The molecule has 0 fully saturated rings. The Morgan fingerprint density at radius 2 is 0.844 bits per heavy atom. The van der Waals surface area contributed by atoms with E-state index in [1.807, 2.05) is 72.8 Å². The minimum absolute atomic E-state index is 0.136. The quantitative estimate of drug-likeness (QED) is 0.184. The molecule has 4 aromatic rings. The summed E-state index contributed by atoms with van der Waals surface area (Å²) in [6, 6.07) is 40.8. The van der Waals surface area contributed by atoms with Crippen LogP contribution in [0.5, 0.6) is 0 Å². The maximum absolute atomic E-state index is 13.3. The minimum Gasteiger partial charge on any atom is -0.468 e. The number of esters is 2. The fourth-order valence-electron chi connectivity index (χ4n) is 6.49. The van der Waals surface area contributed by atoms with Gasteiger partial charge in [-0.3, -0.25) is 4.79 Å². The lowest BCUT2D eigenvalue weighted by Crippen LogP contribution is -2.68. The largest absolute Gasteiger partial charge is 0.468 e. The molecule has 0 amide bonds. The first kappa shape index (κ1) is 34.1. The zero-order valence-corrected chi connectivity index (χ0v) is 29.3. The summed E-state index contributed by atoms with van der Waals surface area (Å²) in [6.07, 6.45) is -1.78. The summed E-state index contributed by atoms with van der Waals surface area (Å²) in [5, 5.41) is 15.1. The van der Waals surface area contributed by atoms with Crippen molar-refractivity contribution in [2.24, 2.45) is 0 Å². The predicted molar refractivity (Wildman–Crippen MR) is 188 cm³/mol. The van der Waals surface area contributed by atoms with E-state index in [4.69, 9.17) is 9.47 Å². The van der Waals surface area contributed by atoms with Crippen molar-refractivity contribution >= 4 is 48.8 Å². The van der Waals surface area contributed by atoms with Gasteiger partial charge in [0.15, 0.2) is 22.3 Å². The van der Waals surface area contributed by atoms with Crippen molar-refractivity contribution in [1.29, 1.82) is 0 Å². The van der Waals surface area contributed by atoms with Crippen molar-refractivity contribution in [3.05, 3.63) is 121 Å². The standard InChI is InChI=1S/C38H46O5Si2/c1-37(2,3)44(30-19-11-7-12-20-30,31-21-13-8-14-22-31)28-42-35(40)27-34(39)36(41)43-29-45(38(4,5)6,32-23-15-9-16-24-32)33-25-17-10-18-26-33/h7-26,34,39H,27-29H2,1-6H3. The number of aliphatic hydroxyl groups excluding tert-OH is 1. The smallest absolute Gasteiger partial charge is 0.335 e. The van der Waals surface area contributed by atoms with E-state index in [0.717, 1.165) is 20.7 Å². The highest BCUT2D eigenvalue weighted by atomic mass is 28.3. The van der Waals surface area contributed by atoms with Crippen molar-refractivity contribution in [3.8, 4) is 0 Å². The van der Waals surface area contributed by atoms with E-state index in [-0.39, 0.29) is 22.5 Å². The molecule has 4 rings (SSSR count). The zero-order chi connectivity index (χ0) is 32.7. The van der Waals surface area contributed by atoms with Crippen LogP contribution in [-0.4, -0.2) is 51.8 Å². The van der Waals surface area contributed by atoms with Crippen LogP contribution in [0.3, 0.4) is 0 Å². The second-order valence-electron chi connectivity index (χ2n) is 13.8. The number of carbonyl (C=O) groups excluding carboxylic acids is 2.